The van der Waals surface area contributed by atoms with Crippen molar-refractivity contribution in [1.29, 1.82) is 0 Å². The molecule has 16 heavy (non-hydrogen) atoms. The molecule has 0 aliphatic carbocycles. The lowest BCUT2D eigenvalue weighted by Gasteiger charge is -2.13. The molecule has 0 aromatic carbocycles. The summed E-state index contributed by atoms with van der Waals surface area (Å²) in [6.07, 6.45) is 4.09. The molecule has 1 saturated heterocycles. The fraction of sp³-hybridized carbons (Fsp3) is 0.700. The van der Waals surface area contributed by atoms with Crippen LogP contribution in [0.15, 0.2) is 6.20 Å². The van der Waals surface area contributed by atoms with Gasteiger partial charge in [0.2, 0.25) is 10.0 Å². The molecule has 0 N–H and O–H groups in total. The first kappa shape index (κ1) is 11.6. The highest BCUT2D eigenvalue weighted by Crippen LogP contribution is 2.27. The zero-order valence-corrected chi connectivity index (χ0v) is 10.7. The third-order valence-electron chi connectivity index (χ3n) is 3.02. The van der Waals surface area contributed by atoms with Crippen LogP contribution in [-0.2, 0) is 17.1 Å². The monoisotopic (exact) mass is 243 g/mol. The summed E-state index contributed by atoms with van der Waals surface area (Å²) in [7, 11) is -1.10. The third-order valence-corrected chi connectivity index (χ3v) is 4.29. The number of rotatable bonds is 2. The maximum Gasteiger partial charge on any atom is 0.211 e. The molecule has 1 atom stereocenters. The molecule has 0 saturated carbocycles. The van der Waals surface area contributed by atoms with Crippen LogP contribution in [0, 0.1) is 6.92 Å². The Morgan fingerprint density at radius 1 is 1.50 bits per heavy atom. The molecule has 2 heterocycles. The summed E-state index contributed by atoms with van der Waals surface area (Å²) in [6, 6.07) is 0. The average molecular weight is 243 g/mol. The second-order valence-electron chi connectivity index (χ2n) is 4.46. The van der Waals surface area contributed by atoms with Crippen molar-refractivity contribution in [3.8, 4) is 0 Å². The highest BCUT2D eigenvalue weighted by atomic mass is 32.2. The van der Waals surface area contributed by atoms with Gasteiger partial charge in [0.1, 0.15) is 5.82 Å². The summed E-state index contributed by atoms with van der Waals surface area (Å²) in [5, 5.41) is 0. The second kappa shape index (κ2) is 3.85. The van der Waals surface area contributed by atoms with Gasteiger partial charge >= 0.3 is 0 Å². The van der Waals surface area contributed by atoms with E-state index in [1.807, 2.05) is 24.7 Å². The molecule has 5 nitrogen and oxygen atoms in total. The molecule has 0 spiro atoms. The molecule has 2 rings (SSSR count). The van der Waals surface area contributed by atoms with Crippen molar-refractivity contribution in [2.75, 3.05) is 19.3 Å². The zero-order chi connectivity index (χ0) is 11.9. The Bertz CT molecular complexity index is 492. The van der Waals surface area contributed by atoms with E-state index >= 15 is 0 Å². The highest BCUT2D eigenvalue weighted by molar-refractivity contribution is 7.88. The van der Waals surface area contributed by atoms with Gasteiger partial charge in [0.15, 0.2) is 0 Å². The number of imidazole rings is 1. The van der Waals surface area contributed by atoms with Crippen molar-refractivity contribution in [1.82, 2.24) is 13.9 Å². The molecule has 1 fully saturated rings. The maximum atomic E-state index is 11.4. The summed E-state index contributed by atoms with van der Waals surface area (Å²) in [4.78, 5) is 4.45. The maximum absolute atomic E-state index is 11.4. The van der Waals surface area contributed by atoms with Crippen molar-refractivity contribution >= 4 is 10.0 Å². The van der Waals surface area contributed by atoms with E-state index in [1.54, 1.807) is 0 Å². The number of nitrogens with zero attached hydrogens (tertiary/aromatic N) is 3. The topological polar surface area (TPSA) is 55.2 Å². The number of aryl methyl sites for hydroxylation is 2. The van der Waals surface area contributed by atoms with E-state index in [1.165, 1.54) is 10.6 Å². The van der Waals surface area contributed by atoms with Crippen LogP contribution in [0.1, 0.15) is 23.9 Å². The van der Waals surface area contributed by atoms with Crippen LogP contribution in [0.3, 0.4) is 0 Å². The molecule has 0 amide bonds. The number of aromatic nitrogens is 2. The van der Waals surface area contributed by atoms with E-state index in [4.69, 9.17) is 0 Å². The van der Waals surface area contributed by atoms with Crippen molar-refractivity contribution < 1.29 is 8.42 Å². The minimum absolute atomic E-state index is 0.230. The van der Waals surface area contributed by atoms with E-state index in [0.717, 1.165) is 17.9 Å². The first-order valence-electron chi connectivity index (χ1n) is 5.33. The largest absolute Gasteiger partial charge is 0.337 e. The van der Waals surface area contributed by atoms with E-state index in [-0.39, 0.29) is 5.92 Å². The highest BCUT2D eigenvalue weighted by Gasteiger charge is 2.31. The van der Waals surface area contributed by atoms with Crippen LogP contribution in [-0.4, -0.2) is 41.6 Å². The van der Waals surface area contributed by atoms with Crippen molar-refractivity contribution in [3.05, 3.63) is 17.7 Å². The predicted molar refractivity (Wildman–Crippen MR) is 61.7 cm³/mol. The van der Waals surface area contributed by atoms with Crippen LogP contribution in [0.25, 0.3) is 0 Å². The molecule has 90 valence electrons. The number of hydrogen-bond donors (Lipinski definition) is 0. The molecular formula is C10H17N3O2S. The van der Waals surface area contributed by atoms with E-state index in [9.17, 15) is 8.42 Å². The molecule has 0 radical (unpaired) electrons. The van der Waals surface area contributed by atoms with Crippen molar-refractivity contribution in [3.63, 3.8) is 0 Å². The summed E-state index contributed by atoms with van der Waals surface area (Å²) >= 11 is 0. The molecule has 0 unspecified atom stereocenters. The Morgan fingerprint density at radius 2 is 2.19 bits per heavy atom. The standard InChI is InChI=1S/C10H17N3O2S/c1-8-6-12(2)10(11-8)9-4-5-13(7-9)16(3,14)15/h6,9H,4-5,7H2,1-3H3/t9-/m1/s1. The minimum atomic E-state index is -3.05. The van der Waals surface area contributed by atoms with Gasteiger partial charge < -0.3 is 4.57 Å². The number of sulfonamides is 1. The molecular weight excluding hydrogens is 226 g/mol. The van der Waals surface area contributed by atoms with Crippen molar-refractivity contribution in [2.24, 2.45) is 7.05 Å². The first-order valence-corrected chi connectivity index (χ1v) is 7.18. The number of hydrogen-bond acceptors (Lipinski definition) is 3. The van der Waals surface area contributed by atoms with E-state index in [2.05, 4.69) is 4.98 Å². The molecule has 1 aliphatic rings. The van der Waals surface area contributed by atoms with Crippen LogP contribution in [0.5, 0.6) is 0 Å². The van der Waals surface area contributed by atoms with Crippen LogP contribution < -0.4 is 0 Å². The van der Waals surface area contributed by atoms with Gasteiger partial charge in [-0.2, -0.15) is 0 Å². The Kier molecular flexibility index (Phi) is 2.79. The lowest BCUT2D eigenvalue weighted by Crippen LogP contribution is -2.27. The summed E-state index contributed by atoms with van der Waals surface area (Å²) < 4.78 is 26.3. The smallest absolute Gasteiger partial charge is 0.211 e. The Morgan fingerprint density at radius 3 is 2.62 bits per heavy atom. The van der Waals surface area contributed by atoms with Gasteiger partial charge in [-0.15, -0.1) is 0 Å². The zero-order valence-electron chi connectivity index (χ0n) is 9.84. The quantitative estimate of drug-likeness (QED) is 0.759. The molecule has 6 heteroatoms. The predicted octanol–water partition coefficient (Wildman–Crippen LogP) is 0.477. The summed E-state index contributed by atoms with van der Waals surface area (Å²) in [5.74, 6) is 1.22. The van der Waals surface area contributed by atoms with Crippen LogP contribution >= 0.6 is 0 Å². The molecule has 0 bridgehead atoms. The van der Waals surface area contributed by atoms with Crippen LogP contribution in [0.4, 0.5) is 0 Å². The second-order valence-corrected chi connectivity index (χ2v) is 6.44. The van der Waals surface area contributed by atoms with Gasteiger partial charge in [0.05, 0.1) is 11.9 Å². The normalized spacial score (nSPS) is 22.8. The lowest BCUT2D eigenvalue weighted by molar-refractivity contribution is 0.475. The minimum Gasteiger partial charge on any atom is -0.337 e. The molecule has 1 aromatic heterocycles. The first-order chi connectivity index (χ1) is 7.38. The van der Waals surface area contributed by atoms with Gasteiger partial charge in [0, 0.05) is 32.3 Å². The molecule has 1 aromatic rings. The lowest BCUT2D eigenvalue weighted by atomic mass is 10.1. The van der Waals surface area contributed by atoms with Gasteiger partial charge in [-0.1, -0.05) is 0 Å². The van der Waals surface area contributed by atoms with Crippen LogP contribution in [0.2, 0.25) is 0 Å². The van der Waals surface area contributed by atoms with Gasteiger partial charge in [-0.05, 0) is 13.3 Å². The molecule has 1 aliphatic heterocycles. The van der Waals surface area contributed by atoms with E-state index < -0.39 is 10.0 Å². The van der Waals surface area contributed by atoms with E-state index in [0.29, 0.717) is 13.1 Å². The summed E-state index contributed by atoms with van der Waals surface area (Å²) in [6.45, 7) is 3.12. The van der Waals surface area contributed by atoms with Gasteiger partial charge in [-0.3, -0.25) is 0 Å². The SMILES string of the molecule is Cc1cn(C)c([C@@H]2CCN(S(C)(=O)=O)C2)n1. The third kappa shape index (κ3) is 2.12. The Hall–Kier alpha value is -0.880. The van der Waals surface area contributed by atoms with Gasteiger partial charge in [0.25, 0.3) is 0 Å². The fourth-order valence-electron chi connectivity index (χ4n) is 2.25. The average Bonchev–Trinajstić information content (AvgIpc) is 2.70. The summed E-state index contributed by atoms with van der Waals surface area (Å²) in [5.41, 5.74) is 0.982. The Labute approximate surface area is 96.1 Å². The van der Waals surface area contributed by atoms with Gasteiger partial charge in [-0.25, -0.2) is 17.7 Å². The Balaban J connectivity index is 2.18. The van der Waals surface area contributed by atoms with Crippen molar-refractivity contribution in [2.45, 2.75) is 19.3 Å². The fourth-order valence-corrected chi connectivity index (χ4v) is 3.14.